The van der Waals surface area contributed by atoms with Crippen LogP contribution in [-0.4, -0.2) is 43.5 Å². The third-order valence-corrected chi connectivity index (χ3v) is 5.37. The van der Waals surface area contributed by atoms with Crippen molar-refractivity contribution in [1.82, 2.24) is 10.2 Å². The molecule has 30 heavy (non-hydrogen) atoms. The van der Waals surface area contributed by atoms with E-state index < -0.39 is 17.8 Å². The van der Waals surface area contributed by atoms with Gasteiger partial charge in [0.1, 0.15) is 11.9 Å². The fourth-order valence-electron chi connectivity index (χ4n) is 3.65. The van der Waals surface area contributed by atoms with Gasteiger partial charge < -0.3 is 19.7 Å². The molecule has 1 aliphatic rings. The number of amides is 2. The summed E-state index contributed by atoms with van der Waals surface area (Å²) in [6, 6.07) is 8.82. The number of hydrogen-bond donors (Lipinski definition) is 1. The molecule has 2 aromatic rings. The summed E-state index contributed by atoms with van der Waals surface area (Å²) in [7, 11) is 3.16. The number of nitrogens with zero attached hydrogens (tertiary/aromatic N) is 1. The van der Waals surface area contributed by atoms with Crippen molar-refractivity contribution in [3.05, 3.63) is 58.9 Å². The Balaban J connectivity index is 1.78. The lowest BCUT2D eigenvalue weighted by molar-refractivity contribution is -0.135. The second kappa shape index (κ2) is 9.15. The third kappa shape index (κ3) is 4.40. The minimum absolute atomic E-state index is 0.0724. The van der Waals surface area contributed by atoms with E-state index in [2.05, 4.69) is 5.32 Å². The van der Waals surface area contributed by atoms with Crippen LogP contribution in [0.2, 0.25) is 0 Å². The zero-order valence-electron chi connectivity index (χ0n) is 17.7. The van der Waals surface area contributed by atoms with Gasteiger partial charge in [-0.15, -0.1) is 0 Å². The van der Waals surface area contributed by atoms with Crippen LogP contribution in [0.25, 0.3) is 0 Å². The first-order valence-electron chi connectivity index (χ1n) is 9.93. The third-order valence-electron chi connectivity index (χ3n) is 5.37. The number of carbonyl (C=O) groups is 2. The first-order valence-corrected chi connectivity index (χ1v) is 9.93. The fraction of sp³-hybridized carbons (Fsp3) is 0.391. The quantitative estimate of drug-likeness (QED) is 0.788. The van der Waals surface area contributed by atoms with Crippen LogP contribution in [0, 0.1) is 11.7 Å². The van der Waals surface area contributed by atoms with Crippen molar-refractivity contribution >= 4 is 11.8 Å². The van der Waals surface area contributed by atoms with Gasteiger partial charge in [0.15, 0.2) is 11.5 Å². The molecule has 2 aromatic carbocycles. The summed E-state index contributed by atoms with van der Waals surface area (Å²) in [5, 5.41) is 2.72. The highest BCUT2D eigenvalue weighted by molar-refractivity contribution is 5.97. The van der Waals surface area contributed by atoms with Crippen molar-refractivity contribution in [2.75, 3.05) is 20.8 Å². The molecule has 0 aromatic heterocycles. The van der Waals surface area contributed by atoms with Gasteiger partial charge >= 0.3 is 0 Å². The highest BCUT2D eigenvalue weighted by Crippen LogP contribution is 2.33. The van der Waals surface area contributed by atoms with Crippen LogP contribution in [0.1, 0.15) is 35.3 Å². The summed E-state index contributed by atoms with van der Waals surface area (Å²) in [5.41, 5.74) is 2.01. The number of benzene rings is 2. The number of hydrogen-bond acceptors (Lipinski definition) is 4. The Hall–Kier alpha value is -3.09. The molecule has 0 bridgehead atoms. The average molecular weight is 414 g/mol. The van der Waals surface area contributed by atoms with Crippen LogP contribution in [0.3, 0.4) is 0 Å². The van der Waals surface area contributed by atoms with E-state index in [1.165, 1.54) is 18.2 Å². The molecule has 160 valence electrons. The molecular weight excluding hydrogens is 387 g/mol. The highest BCUT2D eigenvalue weighted by Gasteiger charge is 2.31. The monoisotopic (exact) mass is 414 g/mol. The second-order valence-electron chi connectivity index (χ2n) is 7.66. The van der Waals surface area contributed by atoms with Crippen molar-refractivity contribution in [3.63, 3.8) is 0 Å². The predicted molar refractivity (Wildman–Crippen MR) is 111 cm³/mol. The van der Waals surface area contributed by atoms with Crippen LogP contribution in [0.15, 0.2) is 36.4 Å². The number of rotatable bonds is 6. The van der Waals surface area contributed by atoms with Gasteiger partial charge in [0, 0.05) is 13.1 Å². The molecule has 7 heteroatoms. The Bertz CT molecular complexity index is 945. The maximum Gasteiger partial charge on any atom is 0.254 e. The summed E-state index contributed by atoms with van der Waals surface area (Å²) < 4.78 is 24.7. The molecule has 2 amide bonds. The van der Waals surface area contributed by atoms with Gasteiger partial charge in [-0.1, -0.05) is 26.0 Å². The van der Waals surface area contributed by atoms with E-state index in [0.717, 1.165) is 11.1 Å². The van der Waals surface area contributed by atoms with Crippen molar-refractivity contribution in [3.8, 4) is 11.5 Å². The molecule has 1 atom stereocenters. The van der Waals surface area contributed by atoms with Crippen LogP contribution in [0.5, 0.6) is 11.5 Å². The Morgan fingerprint density at radius 1 is 1.07 bits per heavy atom. The molecule has 0 aliphatic carbocycles. The summed E-state index contributed by atoms with van der Waals surface area (Å²) in [6.07, 6.45) is 0.674. The highest BCUT2D eigenvalue weighted by atomic mass is 19.1. The standard InChI is InChI=1S/C23H27FN2O4/c1-14(2)21(25-22(27)17-7-5-6-8-18(17)24)23(28)26-10-9-15-11-19(29-3)20(30-4)12-16(15)13-26/h5-8,11-12,14,21H,9-10,13H2,1-4H3,(H,25,27). The molecule has 6 nitrogen and oxygen atoms in total. The Morgan fingerprint density at radius 3 is 2.30 bits per heavy atom. The zero-order chi connectivity index (χ0) is 21.8. The molecule has 1 unspecified atom stereocenters. The Labute approximate surface area is 176 Å². The van der Waals surface area contributed by atoms with Gasteiger partial charge in [-0.05, 0) is 47.7 Å². The van der Waals surface area contributed by atoms with E-state index in [4.69, 9.17) is 9.47 Å². The van der Waals surface area contributed by atoms with E-state index in [9.17, 15) is 14.0 Å². The van der Waals surface area contributed by atoms with Gasteiger partial charge in [-0.2, -0.15) is 0 Å². The molecule has 0 saturated heterocycles. The molecule has 3 rings (SSSR count). The number of fused-ring (bicyclic) bond motifs is 1. The molecule has 0 fully saturated rings. The number of nitrogens with one attached hydrogen (secondary N) is 1. The number of methoxy groups -OCH3 is 2. The minimum atomic E-state index is -0.751. The van der Waals surface area contributed by atoms with Gasteiger partial charge in [-0.25, -0.2) is 4.39 Å². The average Bonchev–Trinajstić information content (AvgIpc) is 2.75. The molecule has 0 spiro atoms. The summed E-state index contributed by atoms with van der Waals surface area (Å²) >= 11 is 0. The van der Waals surface area contributed by atoms with Crippen molar-refractivity contribution < 1.29 is 23.5 Å². The van der Waals surface area contributed by atoms with Crippen molar-refractivity contribution in [2.24, 2.45) is 5.92 Å². The SMILES string of the molecule is COc1cc2c(cc1OC)CN(C(=O)C(NC(=O)c1ccccc1F)C(C)C)CC2. The number of ether oxygens (including phenoxy) is 2. The number of halogens is 1. The largest absolute Gasteiger partial charge is 0.493 e. The first kappa shape index (κ1) is 21.6. The van der Waals surface area contributed by atoms with Crippen LogP contribution in [-0.2, 0) is 17.8 Å². The maximum absolute atomic E-state index is 14.0. The lowest BCUT2D eigenvalue weighted by Crippen LogP contribution is -2.52. The molecular formula is C23H27FN2O4. The summed E-state index contributed by atoms with van der Waals surface area (Å²) in [6.45, 7) is 4.65. The van der Waals surface area contributed by atoms with E-state index >= 15 is 0 Å². The summed E-state index contributed by atoms with van der Waals surface area (Å²) in [5.74, 6) is -0.274. The van der Waals surface area contributed by atoms with E-state index in [1.807, 2.05) is 26.0 Å². The molecule has 1 aliphatic heterocycles. The molecule has 0 radical (unpaired) electrons. The van der Waals surface area contributed by atoms with Crippen LogP contribution < -0.4 is 14.8 Å². The first-order chi connectivity index (χ1) is 14.3. The maximum atomic E-state index is 14.0. The van der Waals surface area contributed by atoms with Gasteiger partial charge in [0.05, 0.1) is 19.8 Å². The fourth-order valence-corrected chi connectivity index (χ4v) is 3.65. The minimum Gasteiger partial charge on any atom is -0.493 e. The lowest BCUT2D eigenvalue weighted by Gasteiger charge is -2.33. The van der Waals surface area contributed by atoms with Gasteiger partial charge in [0.2, 0.25) is 5.91 Å². The number of carbonyl (C=O) groups excluding carboxylic acids is 2. The smallest absolute Gasteiger partial charge is 0.254 e. The van der Waals surface area contributed by atoms with Crippen molar-refractivity contribution in [1.29, 1.82) is 0 Å². The molecule has 0 saturated carbocycles. The topological polar surface area (TPSA) is 67.9 Å². The summed E-state index contributed by atoms with van der Waals surface area (Å²) in [4.78, 5) is 27.5. The zero-order valence-corrected chi connectivity index (χ0v) is 17.7. The lowest BCUT2D eigenvalue weighted by atomic mass is 9.96. The van der Waals surface area contributed by atoms with Crippen molar-refractivity contribution in [2.45, 2.75) is 32.9 Å². The Kier molecular flexibility index (Phi) is 6.59. The molecule has 1 N–H and O–H groups in total. The van der Waals surface area contributed by atoms with Crippen LogP contribution >= 0.6 is 0 Å². The van der Waals surface area contributed by atoms with E-state index in [-0.39, 0.29) is 17.4 Å². The van der Waals surface area contributed by atoms with Gasteiger partial charge in [-0.3, -0.25) is 9.59 Å². The predicted octanol–water partition coefficient (Wildman–Crippen LogP) is 3.18. The van der Waals surface area contributed by atoms with E-state index in [1.54, 1.807) is 25.2 Å². The van der Waals surface area contributed by atoms with Crippen LogP contribution in [0.4, 0.5) is 4.39 Å². The van der Waals surface area contributed by atoms with E-state index in [0.29, 0.717) is 31.0 Å². The Morgan fingerprint density at radius 2 is 1.70 bits per heavy atom. The van der Waals surface area contributed by atoms with Gasteiger partial charge in [0.25, 0.3) is 5.91 Å². The second-order valence-corrected chi connectivity index (χ2v) is 7.66. The normalized spacial score (nSPS) is 14.1. The molecule has 1 heterocycles.